The van der Waals surface area contributed by atoms with Gasteiger partial charge in [0.15, 0.2) is 6.04 Å². The molecule has 1 unspecified atom stereocenters. The third-order valence-electron chi connectivity index (χ3n) is 2.79. The van der Waals surface area contributed by atoms with Crippen LogP contribution in [0.25, 0.3) is 0 Å². The number of urea groups is 1. The lowest BCUT2D eigenvalue weighted by Crippen LogP contribution is -2.42. The summed E-state index contributed by atoms with van der Waals surface area (Å²) in [6.07, 6.45) is 0.661. The van der Waals surface area contributed by atoms with Crippen LogP contribution in [0.3, 0.4) is 0 Å². The van der Waals surface area contributed by atoms with Crippen LogP contribution in [0.15, 0.2) is 17.5 Å². The Morgan fingerprint density at radius 3 is 2.71 bits per heavy atom. The van der Waals surface area contributed by atoms with Gasteiger partial charge in [-0.05, 0) is 17.9 Å². The zero-order valence-corrected chi connectivity index (χ0v) is 12.7. The van der Waals surface area contributed by atoms with Gasteiger partial charge in [0, 0.05) is 24.9 Å². The number of nitrogens with one attached hydrogen (secondary N) is 1. The monoisotopic (exact) mass is 314 g/mol. The molecule has 0 bridgehead atoms. The van der Waals surface area contributed by atoms with Crippen molar-refractivity contribution >= 4 is 29.3 Å². The second kappa shape index (κ2) is 8.25. The Kier molecular flexibility index (Phi) is 6.67. The Bertz CT molecular complexity index is 489. The lowest BCUT2D eigenvalue weighted by molar-refractivity contribution is -0.141. The summed E-state index contributed by atoms with van der Waals surface area (Å²) in [4.78, 5) is 36.0. The fourth-order valence-corrected chi connectivity index (χ4v) is 2.38. The molecule has 1 heterocycles. The van der Waals surface area contributed by atoms with Crippen LogP contribution >= 0.6 is 11.3 Å². The first kappa shape index (κ1) is 17.0. The van der Waals surface area contributed by atoms with E-state index in [-0.39, 0.29) is 12.4 Å². The molecule has 2 amide bonds. The fraction of sp³-hybridized carbons (Fsp3) is 0.462. The van der Waals surface area contributed by atoms with Crippen molar-refractivity contribution in [3.63, 3.8) is 0 Å². The molecule has 116 valence electrons. The molecule has 1 rings (SSSR count). The quantitative estimate of drug-likeness (QED) is 0.743. The van der Waals surface area contributed by atoms with Crippen LogP contribution in [-0.4, -0.2) is 48.7 Å². The molecule has 0 aliphatic carbocycles. The van der Waals surface area contributed by atoms with Gasteiger partial charge in [0.2, 0.25) is 0 Å². The molecule has 0 spiro atoms. The van der Waals surface area contributed by atoms with Crippen molar-refractivity contribution in [3.05, 3.63) is 22.4 Å². The minimum Gasteiger partial charge on any atom is -0.479 e. The van der Waals surface area contributed by atoms with Crippen LogP contribution in [0.4, 0.5) is 4.79 Å². The van der Waals surface area contributed by atoms with Crippen molar-refractivity contribution in [2.24, 2.45) is 0 Å². The third-order valence-corrected chi connectivity index (χ3v) is 3.73. The normalized spacial score (nSPS) is 11.5. The maximum atomic E-state index is 11.9. The number of carbonyl (C=O) groups is 3. The molecule has 1 aromatic rings. The van der Waals surface area contributed by atoms with Crippen molar-refractivity contribution in [3.8, 4) is 0 Å². The number of carbonyl (C=O) groups excluding carboxylic acids is 2. The van der Waals surface area contributed by atoms with Gasteiger partial charge in [0.1, 0.15) is 0 Å². The molecule has 0 radical (unpaired) electrons. The molecule has 8 heteroatoms. The topological polar surface area (TPSA) is 95.9 Å². The van der Waals surface area contributed by atoms with Gasteiger partial charge >= 0.3 is 18.0 Å². The number of ether oxygens (including phenoxy) is 1. The number of hydrogen-bond acceptors (Lipinski definition) is 5. The molecule has 2 N–H and O–H groups in total. The number of hydrogen-bond donors (Lipinski definition) is 2. The van der Waals surface area contributed by atoms with Gasteiger partial charge in [-0.1, -0.05) is 6.07 Å². The van der Waals surface area contributed by atoms with E-state index in [4.69, 9.17) is 5.11 Å². The van der Waals surface area contributed by atoms with E-state index in [2.05, 4.69) is 10.1 Å². The zero-order valence-electron chi connectivity index (χ0n) is 11.9. The van der Waals surface area contributed by atoms with Crippen LogP contribution in [0, 0.1) is 0 Å². The maximum absolute atomic E-state index is 11.9. The number of esters is 1. The number of methoxy groups -OCH3 is 1. The summed E-state index contributed by atoms with van der Waals surface area (Å²) in [6.45, 7) is 0.331. The van der Waals surface area contributed by atoms with Gasteiger partial charge in [-0.15, -0.1) is 11.3 Å². The van der Waals surface area contributed by atoms with Gasteiger partial charge in [-0.3, -0.25) is 4.79 Å². The number of thiophene rings is 1. The average molecular weight is 314 g/mol. The van der Waals surface area contributed by atoms with E-state index in [0.29, 0.717) is 17.8 Å². The third kappa shape index (κ3) is 5.42. The van der Waals surface area contributed by atoms with E-state index >= 15 is 0 Å². The lowest BCUT2D eigenvalue weighted by Gasteiger charge is -2.20. The minimum absolute atomic E-state index is 0.210. The highest BCUT2D eigenvalue weighted by molar-refractivity contribution is 7.10. The highest BCUT2D eigenvalue weighted by atomic mass is 32.1. The van der Waals surface area contributed by atoms with Crippen molar-refractivity contribution in [1.29, 1.82) is 0 Å². The molecule has 0 aromatic carbocycles. The molecular weight excluding hydrogens is 296 g/mol. The van der Waals surface area contributed by atoms with Gasteiger partial charge in [0.05, 0.1) is 7.11 Å². The summed E-state index contributed by atoms with van der Waals surface area (Å²) in [5, 5.41) is 13.4. The Hall–Kier alpha value is -2.09. The van der Waals surface area contributed by atoms with E-state index in [9.17, 15) is 14.4 Å². The van der Waals surface area contributed by atoms with Crippen molar-refractivity contribution < 1.29 is 24.2 Å². The highest BCUT2D eigenvalue weighted by Gasteiger charge is 2.24. The summed E-state index contributed by atoms with van der Waals surface area (Å²) in [7, 11) is 2.84. The van der Waals surface area contributed by atoms with E-state index in [1.54, 1.807) is 24.6 Å². The van der Waals surface area contributed by atoms with Crippen LogP contribution in [0.2, 0.25) is 0 Å². The molecule has 0 fully saturated rings. The molecule has 7 nitrogen and oxygen atoms in total. The van der Waals surface area contributed by atoms with Gasteiger partial charge < -0.3 is 20.1 Å². The van der Waals surface area contributed by atoms with E-state index in [0.717, 1.165) is 0 Å². The molecule has 0 aliphatic heterocycles. The smallest absolute Gasteiger partial charge is 0.331 e. The second-order valence-corrected chi connectivity index (χ2v) is 5.32. The largest absolute Gasteiger partial charge is 0.479 e. The maximum Gasteiger partial charge on any atom is 0.331 e. The van der Waals surface area contributed by atoms with Crippen LogP contribution in [0.1, 0.15) is 23.8 Å². The average Bonchev–Trinajstić information content (AvgIpc) is 2.97. The first-order chi connectivity index (χ1) is 9.95. The Labute approximate surface area is 126 Å². The fourth-order valence-electron chi connectivity index (χ4n) is 1.61. The number of amides is 2. The lowest BCUT2D eigenvalue weighted by atomic mass is 10.2. The van der Waals surface area contributed by atoms with E-state index in [1.165, 1.54) is 23.3 Å². The number of carboxylic acids is 1. The molecule has 0 aliphatic rings. The van der Waals surface area contributed by atoms with Crippen LogP contribution < -0.4 is 5.32 Å². The van der Waals surface area contributed by atoms with Crippen molar-refractivity contribution in [2.75, 3.05) is 20.7 Å². The molecule has 1 aromatic heterocycles. The van der Waals surface area contributed by atoms with Gasteiger partial charge in [-0.2, -0.15) is 0 Å². The SMILES string of the molecule is COC(=O)CCCN(C)C(=O)NC(C(=O)O)c1cccs1. The van der Waals surface area contributed by atoms with Crippen LogP contribution in [-0.2, 0) is 14.3 Å². The number of carboxylic acid groups (broad SMARTS) is 1. The Morgan fingerprint density at radius 1 is 1.48 bits per heavy atom. The molecular formula is C13H18N2O5S. The molecule has 21 heavy (non-hydrogen) atoms. The number of nitrogens with zero attached hydrogens (tertiary/aromatic N) is 1. The summed E-state index contributed by atoms with van der Waals surface area (Å²) in [5.41, 5.74) is 0. The van der Waals surface area contributed by atoms with Gasteiger partial charge in [0.25, 0.3) is 0 Å². The van der Waals surface area contributed by atoms with Crippen molar-refractivity contribution in [1.82, 2.24) is 10.2 Å². The van der Waals surface area contributed by atoms with E-state index < -0.39 is 18.0 Å². The second-order valence-electron chi connectivity index (χ2n) is 4.34. The molecule has 0 saturated carbocycles. The molecule has 1 atom stereocenters. The molecule has 0 saturated heterocycles. The first-order valence-corrected chi connectivity index (χ1v) is 7.18. The first-order valence-electron chi connectivity index (χ1n) is 6.30. The summed E-state index contributed by atoms with van der Waals surface area (Å²) < 4.78 is 4.50. The van der Waals surface area contributed by atoms with Crippen LogP contribution in [0.5, 0.6) is 0 Å². The highest BCUT2D eigenvalue weighted by Crippen LogP contribution is 2.19. The van der Waals surface area contributed by atoms with Crippen molar-refractivity contribution in [2.45, 2.75) is 18.9 Å². The van der Waals surface area contributed by atoms with E-state index in [1.807, 2.05) is 0 Å². The summed E-state index contributed by atoms with van der Waals surface area (Å²) in [5.74, 6) is -1.46. The number of aliphatic carboxylic acids is 1. The minimum atomic E-state index is -1.12. The Morgan fingerprint density at radius 2 is 2.19 bits per heavy atom. The van der Waals surface area contributed by atoms with Gasteiger partial charge in [-0.25, -0.2) is 9.59 Å². The number of rotatable bonds is 7. The predicted molar refractivity (Wildman–Crippen MR) is 77.1 cm³/mol. The Balaban J connectivity index is 2.50. The standard InChI is InChI=1S/C13H18N2O5S/c1-15(7-3-6-10(16)20-2)13(19)14-11(12(17)18)9-5-4-8-21-9/h4-5,8,11H,3,6-7H2,1-2H3,(H,14,19)(H,17,18). The predicted octanol–water partition coefficient (Wildman–Crippen LogP) is 1.47. The zero-order chi connectivity index (χ0) is 15.8. The summed E-state index contributed by atoms with van der Waals surface area (Å²) >= 11 is 1.26. The summed E-state index contributed by atoms with van der Waals surface area (Å²) in [6, 6.07) is 1.81.